The average molecular weight is 230 g/mol. The largest absolute Gasteiger partial charge is 0.469 e. The minimum Gasteiger partial charge on any atom is -0.469 e. The third kappa shape index (κ3) is 2.15. The Bertz CT molecular complexity index is 498. The standard InChI is InChI=1S/C14H18N2O/c1-16-7-5-11(10-16)9-15-13-3-2-4-14-12(13)6-8-17-14/h5-8,10,13,15H,2-4,9H2,1H3. The maximum atomic E-state index is 5.50. The summed E-state index contributed by atoms with van der Waals surface area (Å²) in [6.07, 6.45) is 9.57. The minimum atomic E-state index is 0.456. The Labute approximate surface area is 101 Å². The number of nitrogens with zero attached hydrogens (tertiary/aromatic N) is 1. The van der Waals surface area contributed by atoms with Gasteiger partial charge in [0.15, 0.2) is 0 Å². The van der Waals surface area contributed by atoms with Gasteiger partial charge < -0.3 is 14.3 Å². The summed E-state index contributed by atoms with van der Waals surface area (Å²) < 4.78 is 7.58. The molecule has 2 heterocycles. The Balaban J connectivity index is 1.67. The third-order valence-electron chi connectivity index (χ3n) is 3.50. The van der Waals surface area contributed by atoms with Crippen molar-refractivity contribution in [2.75, 3.05) is 0 Å². The van der Waals surface area contributed by atoms with Crippen LogP contribution in [0, 0.1) is 0 Å². The normalized spacial score (nSPS) is 19.2. The monoisotopic (exact) mass is 230 g/mol. The molecule has 0 amide bonds. The lowest BCUT2D eigenvalue weighted by atomic mass is 9.93. The molecule has 1 aliphatic carbocycles. The van der Waals surface area contributed by atoms with Crippen LogP contribution in [-0.2, 0) is 20.0 Å². The van der Waals surface area contributed by atoms with Crippen molar-refractivity contribution in [1.82, 2.24) is 9.88 Å². The Morgan fingerprint density at radius 3 is 3.24 bits per heavy atom. The van der Waals surface area contributed by atoms with E-state index in [2.05, 4.69) is 41.5 Å². The zero-order valence-electron chi connectivity index (χ0n) is 10.1. The van der Waals surface area contributed by atoms with Crippen molar-refractivity contribution in [3.8, 4) is 0 Å². The van der Waals surface area contributed by atoms with Crippen molar-refractivity contribution in [3.63, 3.8) is 0 Å². The van der Waals surface area contributed by atoms with Crippen molar-refractivity contribution in [2.24, 2.45) is 7.05 Å². The fraction of sp³-hybridized carbons (Fsp3) is 0.429. The molecule has 0 saturated carbocycles. The molecule has 2 aromatic heterocycles. The van der Waals surface area contributed by atoms with Crippen LogP contribution in [-0.4, -0.2) is 4.57 Å². The van der Waals surface area contributed by atoms with Gasteiger partial charge in [-0.25, -0.2) is 0 Å². The molecule has 3 heteroatoms. The maximum Gasteiger partial charge on any atom is 0.108 e. The van der Waals surface area contributed by atoms with E-state index in [-0.39, 0.29) is 0 Å². The SMILES string of the molecule is Cn1ccc(CNC2CCCc3occc32)c1. The Morgan fingerprint density at radius 1 is 1.47 bits per heavy atom. The van der Waals surface area contributed by atoms with E-state index in [0.29, 0.717) is 6.04 Å². The highest BCUT2D eigenvalue weighted by Crippen LogP contribution is 2.30. The van der Waals surface area contributed by atoms with Crippen LogP contribution in [0.25, 0.3) is 0 Å². The average Bonchev–Trinajstić information content (AvgIpc) is 2.94. The Hall–Kier alpha value is -1.48. The quantitative estimate of drug-likeness (QED) is 0.878. The molecular weight excluding hydrogens is 212 g/mol. The lowest BCUT2D eigenvalue weighted by Gasteiger charge is -2.22. The van der Waals surface area contributed by atoms with E-state index in [4.69, 9.17) is 4.42 Å². The van der Waals surface area contributed by atoms with Gasteiger partial charge in [0.1, 0.15) is 5.76 Å². The van der Waals surface area contributed by atoms with Crippen molar-refractivity contribution in [2.45, 2.75) is 31.8 Å². The molecule has 0 bridgehead atoms. The fourth-order valence-electron chi connectivity index (χ4n) is 2.61. The number of rotatable bonds is 3. The lowest BCUT2D eigenvalue weighted by molar-refractivity contribution is 0.411. The van der Waals surface area contributed by atoms with Gasteiger partial charge in [-0.3, -0.25) is 0 Å². The molecule has 90 valence electrons. The summed E-state index contributed by atoms with van der Waals surface area (Å²) in [6, 6.07) is 4.72. The molecule has 0 saturated heterocycles. The molecule has 0 aromatic carbocycles. The van der Waals surface area contributed by atoms with Gasteiger partial charge in [0, 0.05) is 44.0 Å². The van der Waals surface area contributed by atoms with Crippen LogP contribution in [0.4, 0.5) is 0 Å². The first kappa shape index (κ1) is 10.7. The summed E-state index contributed by atoms with van der Waals surface area (Å²) in [5.41, 5.74) is 2.69. The van der Waals surface area contributed by atoms with Crippen molar-refractivity contribution >= 4 is 0 Å². The van der Waals surface area contributed by atoms with Gasteiger partial charge in [-0.15, -0.1) is 0 Å². The summed E-state index contributed by atoms with van der Waals surface area (Å²) in [5, 5.41) is 3.62. The van der Waals surface area contributed by atoms with Crippen molar-refractivity contribution < 1.29 is 4.42 Å². The molecule has 1 aliphatic rings. The number of aromatic nitrogens is 1. The molecule has 1 atom stereocenters. The van der Waals surface area contributed by atoms with E-state index >= 15 is 0 Å². The van der Waals surface area contributed by atoms with Crippen LogP contribution < -0.4 is 5.32 Å². The van der Waals surface area contributed by atoms with Gasteiger partial charge in [0.05, 0.1) is 6.26 Å². The van der Waals surface area contributed by atoms with Gasteiger partial charge in [0.25, 0.3) is 0 Å². The molecular formula is C14H18N2O. The van der Waals surface area contributed by atoms with Crippen LogP contribution in [0.15, 0.2) is 35.2 Å². The fourth-order valence-corrected chi connectivity index (χ4v) is 2.61. The second kappa shape index (κ2) is 4.41. The van der Waals surface area contributed by atoms with Crippen LogP contribution in [0.3, 0.4) is 0 Å². The highest BCUT2D eigenvalue weighted by atomic mass is 16.3. The Kier molecular flexibility index (Phi) is 2.77. The lowest BCUT2D eigenvalue weighted by Crippen LogP contribution is -2.23. The minimum absolute atomic E-state index is 0.456. The zero-order chi connectivity index (χ0) is 11.7. The van der Waals surface area contributed by atoms with E-state index in [1.807, 2.05) is 6.26 Å². The van der Waals surface area contributed by atoms with Gasteiger partial charge >= 0.3 is 0 Å². The molecule has 2 aromatic rings. The first-order valence-electron chi connectivity index (χ1n) is 6.23. The van der Waals surface area contributed by atoms with Crippen LogP contribution in [0.5, 0.6) is 0 Å². The third-order valence-corrected chi connectivity index (χ3v) is 3.50. The number of hydrogen-bond donors (Lipinski definition) is 1. The molecule has 17 heavy (non-hydrogen) atoms. The number of hydrogen-bond acceptors (Lipinski definition) is 2. The summed E-state index contributed by atoms with van der Waals surface area (Å²) in [4.78, 5) is 0. The Morgan fingerprint density at radius 2 is 2.41 bits per heavy atom. The smallest absolute Gasteiger partial charge is 0.108 e. The number of nitrogens with one attached hydrogen (secondary N) is 1. The summed E-state index contributed by atoms with van der Waals surface area (Å²) >= 11 is 0. The first-order chi connectivity index (χ1) is 8.33. The second-order valence-corrected chi connectivity index (χ2v) is 4.81. The maximum absolute atomic E-state index is 5.50. The summed E-state index contributed by atoms with van der Waals surface area (Å²) in [6.45, 7) is 0.927. The highest BCUT2D eigenvalue weighted by Gasteiger charge is 2.21. The van der Waals surface area contributed by atoms with E-state index in [9.17, 15) is 0 Å². The van der Waals surface area contributed by atoms with Gasteiger partial charge in [-0.05, 0) is 30.5 Å². The number of aryl methyl sites for hydroxylation is 2. The molecule has 0 fully saturated rings. The van der Waals surface area contributed by atoms with Crippen molar-refractivity contribution in [3.05, 3.63) is 47.7 Å². The zero-order valence-corrected chi connectivity index (χ0v) is 10.1. The van der Waals surface area contributed by atoms with E-state index < -0.39 is 0 Å². The molecule has 3 rings (SSSR count). The van der Waals surface area contributed by atoms with E-state index in [1.54, 1.807) is 0 Å². The van der Waals surface area contributed by atoms with Gasteiger partial charge in [0.2, 0.25) is 0 Å². The molecule has 1 N–H and O–H groups in total. The highest BCUT2D eigenvalue weighted by molar-refractivity contribution is 5.24. The van der Waals surface area contributed by atoms with E-state index in [0.717, 1.165) is 13.0 Å². The second-order valence-electron chi connectivity index (χ2n) is 4.81. The molecule has 0 aliphatic heterocycles. The molecule has 1 unspecified atom stereocenters. The van der Waals surface area contributed by atoms with Crippen LogP contribution >= 0.6 is 0 Å². The predicted octanol–water partition coefficient (Wildman–Crippen LogP) is 2.79. The predicted molar refractivity (Wildman–Crippen MR) is 66.6 cm³/mol. The topological polar surface area (TPSA) is 30.1 Å². The molecule has 0 spiro atoms. The van der Waals surface area contributed by atoms with Crippen LogP contribution in [0.1, 0.15) is 35.8 Å². The van der Waals surface area contributed by atoms with E-state index in [1.165, 1.54) is 29.7 Å². The molecule has 3 nitrogen and oxygen atoms in total. The number of furan rings is 1. The number of fused-ring (bicyclic) bond motifs is 1. The van der Waals surface area contributed by atoms with Gasteiger partial charge in [-0.2, -0.15) is 0 Å². The summed E-state index contributed by atoms with van der Waals surface area (Å²) in [5.74, 6) is 1.17. The first-order valence-corrected chi connectivity index (χ1v) is 6.23. The van der Waals surface area contributed by atoms with Crippen molar-refractivity contribution in [1.29, 1.82) is 0 Å². The van der Waals surface area contributed by atoms with Crippen LogP contribution in [0.2, 0.25) is 0 Å². The molecule has 0 radical (unpaired) electrons. The summed E-state index contributed by atoms with van der Waals surface area (Å²) in [7, 11) is 2.05. The van der Waals surface area contributed by atoms with Gasteiger partial charge in [-0.1, -0.05) is 0 Å².